The number of aromatic nitrogens is 3. The number of aromatic amines is 1. The molecule has 7 nitrogen and oxygen atoms in total. The lowest BCUT2D eigenvalue weighted by Gasteiger charge is -2.04. The molecule has 3 rings (SSSR count). The van der Waals surface area contributed by atoms with Crippen molar-refractivity contribution in [2.45, 2.75) is 0 Å². The van der Waals surface area contributed by atoms with Gasteiger partial charge < -0.3 is 5.73 Å². The van der Waals surface area contributed by atoms with Gasteiger partial charge in [0.2, 0.25) is 0 Å². The number of nitrogen functional groups attached to an aromatic ring is 1. The molecule has 3 aromatic rings. The lowest BCUT2D eigenvalue weighted by Crippen LogP contribution is -1.90. The number of nitro groups is 1. The van der Waals surface area contributed by atoms with E-state index in [0.29, 0.717) is 22.6 Å². The second-order valence-corrected chi connectivity index (χ2v) is 4.40. The highest BCUT2D eigenvalue weighted by atomic mass is 16.6. The summed E-state index contributed by atoms with van der Waals surface area (Å²) >= 11 is 0. The molecule has 7 heteroatoms. The first-order valence-electron chi connectivity index (χ1n) is 6.16. The number of rotatable bonds is 3. The molecule has 104 valence electrons. The normalized spacial score (nSPS) is 10.5. The Kier molecular flexibility index (Phi) is 3.07. The van der Waals surface area contributed by atoms with Crippen LogP contribution in [0.3, 0.4) is 0 Å². The van der Waals surface area contributed by atoms with Gasteiger partial charge in [0.25, 0.3) is 5.69 Å². The van der Waals surface area contributed by atoms with Gasteiger partial charge in [0.05, 0.1) is 16.2 Å². The van der Waals surface area contributed by atoms with Crippen LogP contribution in [0.25, 0.3) is 22.4 Å². The molecule has 0 aliphatic carbocycles. The summed E-state index contributed by atoms with van der Waals surface area (Å²) in [5.74, 6) is 0.336. The van der Waals surface area contributed by atoms with Crippen molar-refractivity contribution in [2.75, 3.05) is 5.73 Å². The Hall–Kier alpha value is -3.22. The Bertz CT molecular complexity index is 798. The SMILES string of the molecule is Nc1n[nH]c(-c2cccc([N+](=O)[O-])c2)c1-c1ccncc1. The predicted octanol–water partition coefficient (Wildman–Crippen LogP) is 2.63. The van der Waals surface area contributed by atoms with E-state index in [2.05, 4.69) is 15.2 Å². The summed E-state index contributed by atoms with van der Waals surface area (Å²) in [5, 5.41) is 17.7. The first kappa shape index (κ1) is 12.8. The van der Waals surface area contributed by atoms with Crippen LogP contribution in [-0.2, 0) is 0 Å². The monoisotopic (exact) mass is 281 g/mol. The maximum Gasteiger partial charge on any atom is 0.270 e. The third-order valence-electron chi connectivity index (χ3n) is 3.11. The smallest absolute Gasteiger partial charge is 0.270 e. The van der Waals surface area contributed by atoms with Gasteiger partial charge in [0.1, 0.15) is 0 Å². The standard InChI is InChI=1S/C14H11N5O2/c15-14-12(9-4-6-16-7-5-9)13(17-18-14)10-2-1-3-11(8-10)19(20)21/h1-8H,(H3,15,17,18). The van der Waals surface area contributed by atoms with E-state index in [0.717, 1.165) is 5.56 Å². The fourth-order valence-electron chi connectivity index (χ4n) is 2.15. The van der Waals surface area contributed by atoms with E-state index in [1.807, 2.05) is 12.1 Å². The van der Waals surface area contributed by atoms with Gasteiger partial charge in [0.15, 0.2) is 5.82 Å². The van der Waals surface area contributed by atoms with Crippen molar-refractivity contribution in [1.82, 2.24) is 15.2 Å². The van der Waals surface area contributed by atoms with Crippen LogP contribution in [0.15, 0.2) is 48.8 Å². The van der Waals surface area contributed by atoms with Crippen molar-refractivity contribution >= 4 is 11.5 Å². The summed E-state index contributed by atoms with van der Waals surface area (Å²) in [6.07, 6.45) is 3.30. The highest BCUT2D eigenvalue weighted by molar-refractivity contribution is 5.87. The number of nitrogens with zero attached hydrogens (tertiary/aromatic N) is 3. The van der Waals surface area contributed by atoms with Gasteiger partial charge in [-0.1, -0.05) is 12.1 Å². The second kappa shape index (κ2) is 5.04. The van der Waals surface area contributed by atoms with Crippen LogP contribution in [-0.4, -0.2) is 20.1 Å². The Balaban J connectivity index is 2.17. The van der Waals surface area contributed by atoms with Crippen LogP contribution >= 0.6 is 0 Å². The highest BCUT2D eigenvalue weighted by Crippen LogP contribution is 2.35. The van der Waals surface area contributed by atoms with Crippen molar-refractivity contribution in [3.8, 4) is 22.4 Å². The molecule has 1 aromatic carbocycles. The Morgan fingerprint density at radius 3 is 2.62 bits per heavy atom. The molecule has 0 aliphatic heterocycles. The number of non-ortho nitro benzene ring substituents is 1. The topological polar surface area (TPSA) is 111 Å². The molecule has 0 fully saturated rings. The summed E-state index contributed by atoms with van der Waals surface area (Å²) in [5.41, 5.74) is 8.77. The highest BCUT2D eigenvalue weighted by Gasteiger charge is 2.16. The number of H-pyrrole nitrogens is 1. The van der Waals surface area contributed by atoms with Crippen LogP contribution in [0.1, 0.15) is 0 Å². The van der Waals surface area contributed by atoms with Crippen molar-refractivity contribution in [3.63, 3.8) is 0 Å². The van der Waals surface area contributed by atoms with Crippen molar-refractivity contribution in [1.29, 1.82) is 0 Å². The van der Waals surface area contributed by atoms with Crippen molar-refractivity contribution in [2.24, 2.45) is 0 Å². The summed E-state index contributed by atoms with van der Waals surface area (Å²) in [7, 11) is 0. The molecule has 0 atom stereocenters. The van der Waals surface area contributed by atoms with Crippen LogP contribution in [0.2, 0.25) is 0 Å². The van der Waals surface area contributed by atoms with E-state index in [4.69, 9.17) is 5.73 Å². The van der Waals surface area contributed by atoms with Crippen LogP contribution in [0.5, 0.6) is 0 Å². The molecule has 0 saturated carbocycles. The summed E-state index contributed by atoms with van der Waals surface area (Å²) in [6, 6.07) is 9.93. The molecular weight excluding hydrogens is 270 g/mol. The minimum atomic E-state index is -0.435. The molecule has 2 heterocycles. The van der Waals surface area contributed by atoms with Gasteiger partial charge in [0, 0.05) is 30.1 Å². The zero-order chi connectivity index (χ0) is 14.8. The number of pyridine rings is 1. The summed E-state index contributed by atoms with van der Waals surface area (Å²) in [4.78, 5) is 14.4. The lowest BCUT2D eigenvalue weighted by atomic mass is 10.0. The average Bonchev–Trinajstić information content (AvgIpc) is 2.90. The van der Waals surface area contributed by atoms with Crippen LogP contribution in [0.4, 0.5) is 11.5 Å². The maximum absolute atomic E-state index is 10.9. The summed E-state index contributed by atoms with van der Waals surface area (Å²) < 4.78 is 0. The van der Waals surface area contributed by atoms with Gasteiger partial charge >= 0.3 is 0 Å². The van der Waals surface area contributed by atoms with Crippen molar-refractivity contribution < 1.29 is 4.92 Å². The first-order chi connectivity index (χ1) is 10.2. The molecule has 0 saturated heterocycles. The molecule has 0 radical (unpaired) electrons. The minimum absolute atomic E-state index is 0.0151. The number of hydrogen-bond donors (Lipinski definition) is 2. The van der Waals surface area contributed by atoms with E-state index in [9.17, 15) is 10.1 Å². The number of anilines is 1. The number of benzene rings is 1. The van der Waals surface area contributed by atoms with E-state index in [1.54, 1.807) is 24.5 Å². The number of nitrogens with one attached hydrogen (secondary N) is 1. The molecule has 3 N–H and O–H groups in total. The first-order valence-corrected chi connectivity index (χ1v) is 6.16. The third kappa shape index (κ3) is 2.32. The molecule has 0 unspecified atom stereocenters. The fourth-order valence-corrected chi connectivity index (χ4v) is 2.15. The van der Waals surface area contributed by atoms with Crippen LogP contribution < -0.4 is 5.73 Å². The zero-order valence-corrected chi connectivity index (χ0v) is 10.9. The predicted molar refractivity (Wildman–Crippen MR) is 78.3 cm³/mol. The quantitative estimate of drug-likeness (QED) is 0.566. The maximum atomic E-state index is 10.9. The van der Waals surface area contributed by atoms with Gasteiger partial charge in [-0.2, -0.15) is 5.10 Å². The van der Waals surface area contributed by atoms with Gasteiger partial charge in [-0.3, -0.25) is 20.2 Å². The van der Waals surface area contributed by atoms with Gasteiger partial charge in [-0.25, -0.2) is 0 Å². The molecular formula is C14H11N5O2. The van der Waals surface area contributed by atoms with Crippen LogP contribution in [0, 0.1) is 10.1 Å². The van der Waals surface area contributed by atoms with E-state index >= 15 is 0 Å². The molecule has 0 amide bonds. The fraction of sp³-hybridized carbons (Fsp3) is 0. The number of hydrogen-bond acceptors (Lipinski definition) is 5. The Morgan fingerprint density at radius 2 is 1.90 bits per heavy atom. The van der Waals surface area contributed by atoms with E-state index < -0.39 is 4.92 Å². The molecule has 21 heavy (non-hydrogen) atoms. The Morgan fingerprint density at radius 1 is 1.14 bits per heavy atom. The van der Waals surface area contributed by atoms with Gasteiger partial charge in [-0.05, 0) is 17.7 Å². The van der Waals surface area contributed by atoms with E-state index in [1.165, 1.54) is 12.1 Å². The Labute approximate surface area is 119 Å². The second-order valence-electron chi connectivity index (χ2n) is 4.40. The molecule has 0 aliphatic rings. The largest absolute Gasteiger partial charge is 0.382 e. The van der Waals surface area contributed by atoms with Gasteiger partial charge in [-0.15, -0.1) is 0 Å². The third-order valence-corrected chi connectivity index (χ3v) is 3.11. The number of nitrogens with two attached hydrogens (primary N) is 1. The zero-order valence-electron chi connectivity index (χ0n) is 10.9. The molecule has 2 aromatic heterocycles. The van der Waals surface area contributed by atoms with E-state index in [-0.39, 0.29) is 5.69 Å². The minimum Gasteiger partial charge on any atom is -0.382 e. The van der Waals surface area contributed by atoms with Crippen molar-refractivity contribution in [3.05, 3.63) is 58.9 Å². The average molecular weight is 281 g/mol. The molecule has 0 spiro atoms. The molecule has 0 bridgehead atoms. The number of nitro benzene ring substituents is 1. The lowest BCUT2D eigenvalue weighted by molar-refractivity contribution is -0.384. The summed E-state index contributed by atoms with van der Waals surface area (Å²) in [6.45, 7) is 0.